The van der Waals surface area contributed by atoms with Crippen LogP contribution in [-0.2, 0) is 43.4 Å². The van der Waals surface area contributed by atoms with Crippen molar-refractivity contribution in [3.8, 4) is 5.75 Å². The van der Waals surface area contributed by atoms with Crippen molar-refractivity contribution in [3.63, 3.8) is 0 Å². The highest BCUT2D eigenvalue weighted by atomic mass is 16.5. The number of anilines is 1. The minimum absolute atomic E-state index is 0.134. The molecule has 0 aliphatic heterocycles. The van der Waals surface area contributed by atoms with E-state index in [1.54, 1.807) is 12.1 Å². The topological polar surface area (TPSA) is 143 Å². The zero-order chi connectivity index (χ0) is 42.5. The van der Waals surface area contributed by atoms with Crippen molar-refractivity contribution < 1.29 is 33.8 Å². The Kier molecular flexibility index (Phi) is 17.7. The van der Waals surface area contributed by atoms with Crippen LogP contribution >= 0.6 is 0 Å². The molecule has 0 aliphatic carbocycles. The summed E-state index contributed by atoms with van der Waals surface area (Å²) in [5, 5.41) is 20.6. The van der Waals surface area contributed by atoms with Crippen LogP contribution in [0.1, 0.15) is 48.8 Å². The van der Waals surface area contributed by atoms with E-state index in [1.807, 2.05) is 121 Å². The van der Waals surface area contributed by atoms with Crippen molar-refractivity contribution >= 4 is 40.2 Å². The van der Waals surface area contributed by atoms with E-state index < -0.39 is 54.2 Å². The molecule has 4 atom stereocenters. The van der Waals surface area contributed by atoms with Gasteiger partial charge in [0.25, 0.3) is 5.91 Å². The molecule has 312 valence electrons. The first kappa shape index (κ1) is 44.6. The number of carbonyl (C=O) groups is 4. The quantitative estimate of drug-likeness (QED) is 0.0282. The van der Waals surface area contributed by atoms with E-state index >= 15 is 0 Å². The number of esters is 1. The van der Waals surface area contributed by atoms with E-state index in [2.05, 4.69) is 29.1 Å². The lowest BCUT2D eigenvalue weighted by atomic mass is 9.94. The van der Waals surface area contributed by atoms with Crippen LogP contribution in [0.3, 0.4) is 0 Å². The molecule has 5 aromatic rings. The van der Waals surface area contributed by atoms with Crippen LogP contribution in [-0.4, -0.2) is 54.1 Å². The lowest BCUT2D eigenvalue weighted by molar-refractivity contribution is -0.151. The SMILES string of the molecule is C=CCCC[C@H](Cc1ccccc1)C(=O)OC[C@H](NC(=O)[C@@H](CC=C)CC(=O)N[C@H](CO)Cc1ccc(OCc2ccccc2)cc1)C(=O)Nc1ccc2ccccc2c1. The minimum atomic E-state index is -1.28. The van der Waals surface area contributed by atoms with Gasteiger partial charge in [-0.05, 0) is 90.3 Å². The number of aliphatic hydroxyl groups is 1. The summed E-state index contributed by atoms with van der Waals surface area (Å²) < 4.78 is 11.7. The second-order valence-corrected chi connectivity index (χ2v) is 14.8. The number of carbonyl (C=O) groups excluding carboxylic acids is 4. The Morgan fingerprint density at radius 1 is 0.683 bits per heavy atom. The number of ether oxygens (including phenoxy) is 2. The summed E-state index contributed by atoms with van der Waals surface area (Å²) in [5.41, 5.74) is 3.41. The molecule has 0 spiro atoms. The Morgan fingerprint density at radius 3 is 2.03 bits per heavy atom. The van der Waals surface area contributed by atoms with Gasteiger partial charge in [-0.1, -0.05) is 115 Å². The lowest BCUT2D eigenvalue weighted by Gasteiger charge is -2.24. The maximum atomic E-state index is 13.9. The standard InChI is InChI=1S/C50H55N3O7/c1-3-5-8-22-42(29-36-16-9-6-10-17-36)50(58)60-35-46(49(57)52-43-26-25-39-20-13-14-21-40(39)31-43)53-48(56)41(15-4-2)32-47(55)51-44(33-54)30-37-23-27-45(28-24-37)59-34-38-18-11-7-12-19-38/h3-4,6-7,9-14,16-21,23-28,31,41-42,44,46,54H,1-2,5,8,15,22,29-30,32-35H2,(H,51,55)(H,52,57)(H,53,56)/t41-,42+,44-,46-/m0/s1. The van der Waals surface area contributed by atoms with E-state index in [9.17, 15) is 24.3 Å². The Labute approximate surface area is 352 Å². The molecule has 5 rings (SSSR count). The van der Waals surface area contributed by atoms with Gasteiger partial charge < -0.3 is 30.5 Å². The number of unbranched alkanes of at least 4 members (excludes halogenated alkanes) is 1. The van der Waals surface area contributed by atoms with E-state index in [1.165, 1.54) is 6.08 Å². The Bertz CT molecular complexity index is 2160. The van der Waals surface area contributed by atoms with Gasteiger partial charge in [-0.3, -0.25) is 19.2 Å². The van der Waals surface area contributed by atoms with Gasteiger partial charge in [0.2, 0.25) is 11.8 Å². The molecule has 10 nitrogen and oxygen atoms in total. The number of benzene rings is 5. The number of amides is 3. The summed E-state index contributed by atoms with van der Waals surface area (Å²) in [6, 6.07) is 38.2. The molecule has 0 aromatic heterocycles. The van der Waals surface area contributed by atoms with Crippen LogP contribution in [0, 0.1) is 11.8 Å². The van der Waals surface area contributed by atoms with Crippen molar-refractivity contribution in [3.05, 3.63) is 169 Å². The van der Waals surface area contributed by atoms with E-state index in [4.69, 9.17) is 9.47 Å². The third-order valence-corrected chi connectivity index (χ3v) is 10.2. The number of aliphatic hydroxyl groups excluding tert-OH is 1. The summed E-state index contributed by atoms with van der Waals surface area (Å²) in [6.45, 7) is 7.26. The van der Waals surface area contributed by atoms with Crippen molar-refractivity contribution in [1.29, 1.82) is 0 Å². The van der Waals surface area contributed by atoms with Crippen LogP contribution in [0.15, 0.2) is 153 Å². The van der Waals surface area contributed by atoms with Crippen molar-refractivity contribution in [1.82, 2.24) is 10.6 Å². The molecule has 0 radical (unpaired) electrons. The summed E-state index contributed by atoms with van der Waals surface area (Å²) in [6.07, 6.45) is 6.07. The summed E-state index contributed by atoms with van der Waals surface area (Å²) >= 11 is 0. The normalized spacial score (nSPS) is 12.9. The van der Waals surface area contributed by atoms with E-state index in [0.717, 1.165) is 40.3 Å². The molecule has 0 saturated heterocycles. The highest BCUT2D eigenvalue weighted by Crippen LogP contribution is 2.21. The number of nitrogens with one attached hydrogen (secondary N) is 3. The number of fused-ring (bicyclic) bond motifs is 1. The van der Waals surface area contributed by atoms with Crippen molar-refractivity contribution in [2.24, 2.45) is 11.8 Å². The van der Waals surface area contributed by atoms with Gasteiger partial charge in [-0.15, -0.1) is 13.2 Å². The second kappa shape index (κ2) is 23.8. The largest absolute Gasteiger partial charge is 0.489 e. The van der Waals surface area contributed by atoms with E-state index in [0.29, 0.717) is 37.3 Å². The zero-order valence-corrected chi connectivity index (χ0v) is 34.0. The first-order valence-corrected chi connectivity index (χ1v) is 20.4. The van der Waals surface area contributed by atoms with Gasteiger partial charge >= 0.3 is 5.97 Å². The number of hydrogen-bond acceptors (Lipinski definition) is 7. The molecule has 3 amide bonds. The maximum Gasteiger partial charge on any atom is 0.309 e. The molecule has 0 aliphatic rings. The molecule has 0 bridgehead atoms. The highest BCUT2D eigenvalue weighted by molar-refractivity contribution is 5.99. The van der Waals surface area contributed by atoms with Crippen LogP contribution in [0.25, 0.3) is 10.8 Å². The molecule has 0 unspecified atom stereocenters. The van der Waals surface area contributed by atoms with Crippen LogP contribution in [0.4, 0.5) is 5.69 Å². The molecule has 0 fully saturated rings. The fraction of sp³-hybridized carbons (Fsp3) is 0.280. The monoisotopic (exact) mass is 809 g/mol. The summed E-state index contributed by atoms with van der Waals surface area (Å²) in [5.74, 6) is -2.79. The molecule has 10 heteroatoms. The van der Waals surface area contributed by atoms with Gasteiger partial charge in [0.05, 0.1) is 24.5 Å². The molecule has 5 aromatic carbocycles. The fourth-order valence-corrected chi connectivity index (χ4v) is 6.87. The molecular formula is C50H55N3O7. The average Bonchev–Trinajstić information content (AvgIpc) is 3.27. The first-order chi connectivity index (χ1) is 29.2. The molecule has 4 N–H and O–H groups in total. The minimum Gasteiger partial charge on any atom is -0.489 e. The Hall–Kier alpha value is -6.52. The summed E-state index contributed by atoms with van der Waals surface area (Å²) in [4.78, 5) is 54.8. The number of allylic oxidation sites excluding steroid dienone is 2. The predicted octanol–water partition coefficient (Wildman–Crippen LogP) is 7.90. The highest BCUT2D eigenvalue weighted by Gasteiger charge is 2.30. The Morgan fingerprint density at radius 2 is 1.35 bits per heavy atom. The first-order valence-electron chi connectivity index (χ1n) is 20.4. The molecule has 0 saturated carbocycles. The smallest absolute Gasteiger partial charge is 0.309 e. The van der Waals surface area contributed by atoms with Gasteiger partial charge in [0.15, 0.2) is 0 Å². The van der Waals surface area contributed by atoms with Gasteiger partial charge in [-0.2, -0.15) is 0 Å². The fourth-order valence-electron chi connectivity index (χ4n) is 6.87. The van der Waals surface area contributed by atoms with Crippen molar-refractivity contribution in [2.45, 2.75) is 63.6 Å². The predicted molar refractivity (Wildman–Crippen MR) is 236 cm³/mol. The second-order valence-electron chi connectivity index (χ2n) is 14.8. The molecule has 0 heterocycles. The van der Waals surface area contributed by atoms with E-state index in [-0.39, 0.29) is 19.4 Å². The maximum absolute atomic E-state index is 13.9. The van der Waals surface area contributed by atoms with Gasteiger partial charge in [0.1, 0.15) is 25.0 Å². The van der Waals surface area contributed by atoms with Gasteiger partial charge in [-0.25, -0.2) is 0 Å². The van der Waals surface area contributed by atoms with Gasteiger partial charge in [0, 0.05) is 12.1 Å². The lowest BCUT2D eigenvalue weighted by Crippen LogP contribution is -2.50. The van der Waals surface area contributed by atoms with Crippen LogP contribution < -0.4 is 20.7 Å². The van der Waals surface area contributed by atoms with Crippen LogP contribution in [0.5, 0.6) is 5.75 Å². The number of rotatable bonds is 24. The zero-order valence-electron chi connectivity index (χ0n) is 34.0. The van der Waals surface area contributed by atoms with Crippen molar-refractivity contribution in [2.75, 3.05) is 18.5 Å². The van der Waals surface area contributed by atoms with Crippen LogP contribution in [0.2, 0.25) is 0 Å². The molecule has 60 heavy (non-hydrogen) atoms. The Balaban J connectivity index is 1.23. The average molecular weight is 810 g/mol. The third kappa shape index (κ3) is 14.4. The summed E-state index contributed by atoms with van der Waals surface area (Å²) in [7, 11) is 0. The number of hydrogen-bond donors (Lipinski definition) is 4. The molecular weight excluding hydrogens is 755 g/mol. The third-order valence-electron chi connectivity index (χ3n) is 10.2.